The molecule has 20 heavy (non-hydrogen) atoms. The van der Waals surface area contributed by atoms with Crippen LogP contribution in [0.15, 0.2) is 18.3 Å². The minimum atomic E-state index is -0.0755. The van der Waals surface area contributed by atoms with Crippen molar-refractivity contribution in [2.45, 2.75) is 44.8 Å². The van der Waals surface area contributed by atoms with Crippen molar-refractivity contribution in [3.05, 3.63) is 23.9 Å². The van der Waals surface area contributed by atoms with Crippen molar-refractivity contribution in [1.82, 2.24) is 10.3 Å². The van der Waals surface area contributed by atoms with Gasteiger partial charge in [0.05, 0.1) is 17.7 Å². The second kappa shape index (κ2) is 7.24. The highest BCUT2D eigenvalue weighted by atomic mass is 16.5. The topological polar surface area (TPSA) is 63.2 Å². The summed E-state index contributed by atoms with van der Waals surface area (Å²) >= 11 is 0. The molecule has 5 heteroatoms. The van der Waals surface area contributed by atoms with Crippen LogP contribution in [0.1, 0.15) is 43.0 Å². The Balaban J connectivity index is 1.92. The predicted molar refractivity (Wildman–Crippen MR) is 78.9 cm³/mol. The van der Waals surface area contributed by atoms with Gasteiger partial charge in [-0.05, 0) is 37.8 Å². The molecule has 0 radical (unpaired) electrons. The minimum Gasteiger partial charge on any atom is -0.379 e. The van der Waals surface area contributed by atoms with Gasteiger partial charge in [-0.15, -0.1) is 0 Å². The molecule has 1 saturated carbocycles. The molecule has 5 nitrogen and oxygen atoms in total. The van der Waals surface area contributed by atoms with Gasteiger partial charge >= 0.3 is 0 Å². The molecule has 2 N–H and O–H groups in total. The molecule has 1 aliphatic carbocycles. The molecule has 110 valence electrons. The van der Waals surface area contributed by atoms with Crippen molar-refractivity contribution in [2.24, 2.45) is 0 Å². The average Bonchev–Trinajstić information content (AvgIpc) is 2.92. The Bertz CT molecular complexity index is 433. The van der Waals surface area contributed by atoms with Crippen LogP contribution in [0.2, 0.25) is 0 Å². The molecule has 1 amide bonds. The molecule has 1 heterocycles. The number of amides is 1. The van der Waals surface area contributed by atoms with Crippen LogP contribution in [0.3, 0.4) is 0 Å². The van der Waals surface area contributed by atoms with Crippen LogP contribution in [-0.4, -0.2) is 36.7 Å². The Morgan fingerprint density at radius 2 is 2.30 bits per heavy atom. The van der Waals surface area contributed by atoms with E-state index in [2.05, 4.69) is 22.5 Å². The number of hydrogen-bond acceptors (Lipinski definition) is 4. The summed E-state index contributed by atoms with van der Waals surface area (Å²) < 4.78 is 5.38. The fourth-order valence-corrected chi connectivity index (χ4v) is 2.51. The van der Waals surface area contributed by atoms with Gasteiger partial charge in [0.1, 0.15) is 5.82 Å². The highest BCUT2D eigenvalue weighted by Gasteiger charge is 2.28. The van der Waals surface area contributed by atoms with Crippen molar-refractivity contribution >= 4 is 11.7 Å². The lowest BCUT2D eigenvalue weighted by Gasteiger charge is -2.19. The molecule has 0 aliphatic heterocycles. The Kier molecular flexibility index (Phi) is 5.35. The molecule has 2 unspecified atom stereocenters. The largest absolute Gasteiger partial charge is 0.379 e. The summed E-state index contributed by atoms with van der Waals surface area (Å²) in [6.07, 6.45) is 5.89. The van der Waals surface area contributed by atoms with Crippen molar-refractivity contribution in [1.29, 1.82) is 0 Å². The van der Waals surface area contributed by atoms with E-state index in [4.69, 9.17) is 4.74 Å². The summed E-state index contributed by atoms with van der Waals surface area (Å²) in [4.78, 5) is 16.4. The number of methoxy groups -OCH3 is 1. The number of hydrogen-bond donors (Lipinski definition) is 2. The maximum absolute atomic E-state index is 12.2. The molecular weight excluding hydrogens is 254 g/mol. The monoisotopic (exact) mass is 277 g/mol. The molecule has 0 aromatic carbocycles. The van der Waals surface area contributed by atoms with Crippen molar-refractivity contribution in [2.75, 3.05) is 19.0 Å². The van der Waals surface area contributed by atoms with Crippen LogP contribution >= 0.6 is 0 Å². The first-order chi connectivity index (χ1) is 9.74. The van der Waals surface area contributed by atoms with Crippen LogP contribution in [0, 0.1) is 0 Å². The van der Waals surface area contributed by atoms with Gasteiger partial charge in [0.15, 0.2) is 0 Å². The molecule has 2 rings (SSSR count). The SMILES string of the molecule is CCCNc1ccc(C(=O)NC2CCCC2OC)cn1. The Morgan fingerprint density at radius 1 is 1.45 bits per heavy atom. The summed E-state index contributed by atoms with van der Waals surface area (Å²) in [7, 11) is 1.70. The first kappa shape index (κ1) is 14.8. The van der Waals surface area contributed by atoms with Crippen molar-refractivity contribution in [3.63, 3.8) is 0 Å². The Morgan fingerprint density at radius 3 is 2.95 bits per heavy atom. The number of nitrogens with one attached hydrogen (secondary N) is 2. The van der Waals surface area contributed by atoms with Gasteiger partial charge in [-0.25, -0.2) is 4.98 Å². The third-order valence-electron chi connectivity index (χ3n) is 3.65. The minimum absolute atomic E-state index is 0.0755. The molecule has 1 fully saturated rings. The third kappa shape index (κ3) is 3.70. The van der Waals surface area contributed by atoms with Crippen LogP contribution in [-0.2, 0) is 4.74 Å². The quantitative estimate of drug-likeness (QED) is 0.836. The van der Waals surface area contributed by atoms with E-state index in [-0.39, 0.29) is 18.1 Å². The van der Waals surface area contributed by atoms with Crippen LogP contribution < -0.4 is 10.6 Å². The number of anilines is 1. The zero-order valence-electron chi connectivity index (χ0n) is 12.2. The van der Waals surface area contributed by atoms with Crippen LogP contribution in [0.5, 0.6) is 0 Å². The van der Waals surface area contributed by atoms with E-state index in [0.29, 0.717) is 5.56 Å². The summed E-state index contributed by atoms with van der Waals surface area (Å²) in [6.45, 7) is 2.98. The zero-order valence-corrected chi connectivity index (χ0v) is 12.2. The molecule has 1 aromatic heterocycles. The molecule has 1 aromatic rings. The highest BCUT2D eigenvalue weighted by molar-refractivity contribution is 5.94. The van der Waals surface area contributed by atoms with E-state index < -0.39 is 0 Å². The molecule has 0 saturated heterocycles. The second-order valence-electron chi connectivity index (χ2n) is 5.14. The van der Waals surface area contributed by atoms with Gasteiger partial charge < -0.3 is 15.4 Å². The fourth-order valence-electron chi connectivity index (χ4n) is 2.51. The predicted octanol–water partition coefficient (Wildman–Crippen LogP) is 2.20. The van der Waals surface area contributed by atoms with Crippen molar-refractivity contribution in [3.8, 4) is 0 Å². The number of carbonyl (C=O) groups is 1. The lowest BCUT2D eigenvalue weighted by atomic mass is 10.2. The van der Waals surface area contributed by atoms with Crippen LogP contribution in [0.25, 0.3) is 0 Å². The lowest BCUT2D eigenvalue weighted by Crippen LogP contribution is -2.40. The van der Waals surface area contributed by atoms with Gasteiger partial charge in [0.2, 0.25) is 0 Å². The Labute approximate surface area is 120 Å². The third-order valence-corrected chi connectivity index (χ3v) is 3.65. The van der Waals surface area contributed by atoms with Crippen LogP contribution in [0.4, 0.5) is 5.82 Å². The first-order valence-corrected chi connectivity index (χ1v) is 7.28. The van der Waals surface area contributed by atoms with Crippen molar-refractivity contribution < 1.29 is 9.53 Å². The van der Waals surface area contributed by atoms with Gasteiger partial charge in [-0.3, -0.25) is 4.79 Å². The van der Waals surface area contributed by atoms with E-state index in [1.807, 2.05) is 6.07 Å². The second-order valence-corrected chi connectivity index (χ2v) is 5.14. The first-order valence-electron chi connectivity index (χ1n) is 7.28. The van der Waals surface area contributed by atoms with Gasteiger partial charge in [0.25, 0.3) is 5.91 Å². The highest BCUT2D eigenvalue weighted by Crippen LogP contribution is 2.21. The molecule has 1 aliphatic rings. The molecule has 0 bridgehead atoms. The number of pyridine rings is 1. The maximum atomic E-state index is 12.2. The summed E-state index contributed by atoms with van der Waals surface area (Å²) in [5.41, 5.74) is 0.591. The van der Waals surface area contributed by atoms with E-state index in [1.54, 1.807) is 19.4 Å². The van der Waals surface area contributed by atoms with Gasteiger partial charge in [-0.2, -0.15) is 0 Å². The molecule has 0 spiro atoms. The molecule has 2 atom stereocenters. The normalized spacial score (nSPS) is 21.7. The zero-order chi connectivity index (χ0) is 14.4. The standard InChI is InChI=1S/C15H23N3O2/c1-3-9-16-14-8-7-11(10-17-14)15(19)18-12-5-4-6-13(12)20-2/h7-8,10,12-13H,3-6,9H2,1-2H3,(H,16,17)(H,18,19). The van der Waals surface area contributed by atoms with E-state index >= 15 is 0 Å². The maximum Gasteiger partial charge on any atom is 0.253 e. The number of ether oxygens (including phenoxy) is 1. The molecular formula is C15H23N3O2. The number of carbonyl (C=O) groups excluding carboxylic acids is 1. The number of nitrogens with zero attached hydrogens (tertiary/aromatic N) is 1. The summed E-state index contributed by atoms with van der Waals surface area (Å²) in [5.74, 6) is 0.729. The van der Waals surface area contributed by atoms with E-state index in [1.165, 1.54) is 0 Å². The van der Waals surface area contributed by atoms with E-state index in [9.17, 15) is 4.79 Å². The smallest absolute Gasteiger partial charge is 0.253 e. The summed E-state index contributed by atoms with van der Waals surface area (Å²) in [6, 6.07) is 3.76. The number of aromatic nitrogens is 1. The number of rotatable bonds is 6. The van der Waals surface area contributed by atoms with Gasteiger partial charge in [0, 0.05) is 19.9 Å². The fraction of sp³-hybridized carbons (Fsp3) is 0.600. The summed E-state index contributed by atoms with van der Waals surface area (Å²) in [5, 5.41) is 6.22. The van der Waals surface area contributed by atoms with E-state index in [0.717, 1.165) is 38.0 Å². The average molecular weight is 277 g/mol. The lowest BCUT2D eigenvalue weighted by molar-refractivity contribution is 0.0722. The van der Waals surface area contributed by atoms with Gasteiger partial charge in [-0.1, -0.05) is 6.92 Å². The Hall–Kier alpha value is -1.62.